The van der Waals surface area contributed by atoms with E-state index in [1.807, 2.05) is 31.3 Å². The predicted molar refractivity (Wildman–Crippen MR) is 79.2 cm³/mol. The van der Waals surface area contributed by atoms with Gasteiger partial charge in [0.15, 0.2) is 0 Å². The second-order valence-electron chi connectivity index (χ2n) is 5.14. The van der Waals surface area contributed by atoms with Crippen molar-refractivity contribution in [2.24, 2.45) is 0 Å². The van der Waals surface area contributed by atoms with Gasteiger partial charge >= 0.3 is 0 Å². The third kappa shape index (κ3) is 2.72. The monoisotopic (exact) mass is 287 g/mol. The second kappa shape index (κ2) is 5.74. The second-order valence-corrected chi connectivity index (χ2v) is 5.14. The van der Waals surface area contributed by atoms with Crippen LogP contribution < -0.4 is 14.8 Å². The van der Waals surface area contributed by atoms with Gasteiger partial charge in [-0.25, -0.2) is 4.39 Å². The van der Waals surface area contributed by atoms with Crippen LogP contribution in [0.15, 0.2) is 42.5 Å². The summed E-state index contributed by atoms with van der Waals surface area (Å²) in [6.07, 6.45) is 0.713. The Morgan fingerprint density at radius 1 is 1.19 bits per heavy atom. The minimum atomic E-state index is -0.236. The summed E-state index contributed by atoms with van der Waals surface area (Å²) in [7, 11) is 3.53. The van der Waals surface area contributed by atoms with Crippen molar-refractivity contribution in [2.45, 2.75) is 18.6 Å². The molecule has 21 heavy (non-hydrogen) atoms. The molecule has 2 unspecified atom stereocenters. The average molecular weight is 287 g/mol. The van der Waals surface area contributed by atoms with E-state index in [0.29, 0.717) is 0 Å². The number of hydrogen-bond acceptors (Lipinski definition) is 3. The van der Waals surface area contributed by atoms with Crippen molar-refractivity contribution in [3.05, 3.63) is 59.4 Å². The molecule has 0 saturated heterocycles. The molecule has 0 aliphatic carbocycles. The molecule has 1 N–H and O–H groups in total. The van der Waals surface area contributed by atoms with Gasteiger partial charge in [-0.15, -0.1) is 0 Å². The number of rotatable bonds is 3. The molecule has 1 aliphatic rings. The van der Waals surface area contributed by atoms with E-state index in [4.69, 9.17) is 9.47 Å². The molecule has 3 nitrogen and oxygen atoms in total. The van der Waals surface area contributed by atoms with E-state index in [1.54, 1.807) is 19.2 Å². The Morgan fingerprint density at radius 2 is 1.95 bits per heavy atom. The third-order valence-corrected chi connectivity index (χ3v) is 3.90. The zero-order chi connectivity index (χ0) is 14.8. The fourth-order valence-electron chi connectivity index (χ4n) is 2.74. The Bertz CT molecular complexity index is 627. The van der Waals surface area contributed by atoms with Crippen molar-refractivity contribution in [3.8, 4) is 11.5 Å². The van der Waals surface area contributed by atoms with E-state index < -0.39 is 0 Å². The number of halogens is 1. The molecule has 0 radical (unpaired) electrons. The Kier molecular flexibility index (Phi) is 3.80. The molecule has 3 rings (SSSR count). The quantitative estimate of drug-likeness (QED) is 0.935. The normalized spacial score (nSPS) is 20.5. The van der Waals surface area contributed by atoms with Crippen LogP contribution in [0, 0.1) is 5.82 Å². The number of hydrogen-bond donors (Lipinski definition) is 1. The smallest absolute Gasteiger partial charge is 0.126 e. The molecule has 4 heteroatoms. The van der Waals surface area contributed by atoms with Crippen LogP contribution in [-0.4, -0.2) is 14.2 Å². The van der Waals surface area contributed by atoms with Crippen molar-refractivity contribution in [1.82, 2.24) is 5.32 Å². The first kappa shape index (κ1) is 13.9. The molecule has 2 aromatic rings. The fraction of sp³-hybridized carbons (Fsp3) is 0.294. The van der Waals surface area contributed by atoms with Gasteiger partial charge in [-0.05, 0) is 42.9 Å². The van der Waals surface area contributed by atoms with Crippen molar-refractivity contribution < 1.29 is 13.9 Å². The van der Waals surface area contributed by atoms with Gasteiger partial charge in [0, 0.05) is 18.0 Å². The van der Waals surface area contributed by atoms with Gasteiger partial charge in [-0.1, -0.05) is 12.1 Å². The van der Waals surface area contributed by atoms with Crippen molar-refractivity contribution >= 4 is 0 Å². The van der Waals surface area contributed by atoms with Crippen LogP contribution in [0.2, 0.25) is 0 Å². The molecule has 110 valence electrons. The molecule has 0 saturated carbocycles. The van der Waals surface area contributed by atoms with E-state index >= 15 is 0 Å². The molecule has 0 fully saturated rings. The Morgan fingerprint density at radius 3 is 2.62 bits per heavy atom. The summed E-state index contributed by atoms with van der Waals surface area (Å²) >= 11 is 0. The Balaban J connectivity index is 1.90. The molecule has 2 aromatic carbocycles. The Hall–Kier alpha value is -2.07. The van der Waals surface area contributed by atoms with E-state index in [9.17, 15) is 4.39 Å². The fourth-order valence-corrected chi connectivity index (χ4v) is 2.74. The van der Waals surface area contributed by atoms with Crippen molar-refractivity contribution in [2.75, 3.05) is 14.2 Å². The summed E-state index contributed by atoms with van der Waals surface area (Å²) in [5.74, 6) is 1.32. The van der Waals surface area contributed by atoms with Crippen LogP contribution in [-0.2, 0) is 0 Å². The van der Waals surface area contributed by atoms with Crippen molar-refractivity contribution in [3.63, 3.8) is 0 Å². The molecule has 0 spiro atoms. The first-order valence-electron chi connectivity index (χ1n) is 6.98. The van der Waals surface area contributed by atoms with Crippen LogP contribution in [0.4, 0.5) is 4.39 Å². The summed E-state index contributed by atoms with van der Waals surface area (Å²) in [6.45, 7) is 0. The van der Waals surface area contributed by atoms with E-state index in [0.717, 1.165) is 29.0 Å². The minimum Gasteiger partial charge on any atom is -0.497 e. The van der Waals surface area contributed by atoms with Gasteiger partial charge in [-0.2, -0.15) is 0 Å². The Labute approximate surface area is 123 Å². The van der Waals surface area contributed by atoms with Crippen LogP contribution in [0.1, 0.15) is 29.7 Å². The van der Waals surface area contributed by atoms with E-state index in [2.05, 4.69) is 5.32 Å². The van der Waals surface area contributed by atoms with Gasteiger partial charge in [0.2, 0.25) is 0 Å². The van der Waals surface area contributed by atoms with Crippen LogP contribution in [0.3, 0.4) is 0 Å². The third-order valence-electron chi connectivity index (χ3n) is 3.90. The van der Waals surface area contributed by atoms with E-state index in [1.165, 1.54) is 6.07 Å². The number of ether oxygens (including phenoxy) is 2. The summed E-state index contributed by atoms with van der Waals surface area (Å²) in [6, 6.07) is 12.6. The molecule has 2 atom stereocenters. The number of benzene rings is 2. The molecule has 1 aliphatic heterocycles. The maximum atomic E-state index is 13.4. The molecule has 0 aromatic heterocycles. The van der Waals surface area contributed by atoms with Crippen LogP contribution in [0.25, 0.3) is 0 Å². The lowest BCUT2D eigenvalue weighted by Crippen LogP contribution is -2.26. The summed E-state index contributed by atoms with van der Waals surface area (Å²) in [4.78, 5) is 0. The van der Waals surface area contributed by atoms with Gasteiger partial charge in [0.05, 0.1) is 7.11 Å². The molecular formula is C17H18FNO2. The lowest BCUT2D eigenvalue weighted by Gasteiger charge is -2.32. The number of fused-ring (bicyclic) bond motifs is 1. The van der Waals surface area contributed by atoms with Gasteiger partial charge in [-0.3, -0.25) is 0 Å². The average Bonchev–Trinajstić information content (AvgIpc) is 2.54. The maximum Gasteiger partial charge on any atom is 0.126 e. The maximum absolute atomic E-state index is 13.4. The van der Waals surface area contributed by atoms with E-state index in [-0.39, 0.29) is 18.0 Å². The lowest BCUT2D eigenvalue weighted by atomic mass is 9.93. The molecular weight excluding hydrogens is 269 g/mol. The SMILES string of the molecule is CNC1CC(c2ccc(OC)cc2)Oc2ccc(F)cc21. The number of methoxy groups -OCH3 is 1. The highest BCUT2D eigenvalue weighted by Gasteiger charge is 2.28. The van der Waals surface area contributed by atoms with Gasteiger partial charge in [0.1, 0.15) is 23.4 Å². The first-order valence-corrected chi connectivity index (χ1v) is 6.98. The standard InChI is InChI=1S/C17H18FNO2/c1-19-15-10-17(11-3-6-13(20-2)7-4-11)21-16-8-5-12(18)9-14(15)16/h3-9,15,17,19H,10H2,1-2H3. The molecule has 0 amide bonds. The molecule has 1 heterocycles. The zero-order valence-corrected chi connectivity index (χ0v) is 12.1. The van der Waals surface area contributed by atoms with Gasteiger partial charge < -0.3 is 14.8 Å². The highest BCUT2D eigenvalue weighted by Crippen LogP contribution is 2.41. The summed E-state index contributed by atoms with van der Waals surface area (Å²) < 4.78 is 24.6. The van der Waals surface area contributed by atoms with Crippen molar-refractivity contribution in [1.29, 1.82) is 0 Å². The minimum absolute atomic E-state index is 0.0497. The largest absolute Gasteiger partial charge is 0.497 e. The zero-order valence-electron chi connectivity index (χ0n) is 12.1. The van der Waals surface area contributed by atoms with Crippen LogP contribution >= 0.6 is 0 Å². The summed E-state index contributed by atoms with van der Waals surface area (Å²) in [5, 5.41) is 3.24. The molecule has 0 bridgehead atoms. The highest BCUT2D eigenvalue weighted by molar-refractivity contribution is 5.40. The summed E-state index contributed by atoms with van der Waals surface area (Å²) in [5.41, 5.74) is 1.97. The predicted octanol–water partition coefficient (Wildman–Crippen LogP) is 3.62. The highest BCUT2D eigenvalue weighted by atomic mass is 19.1. The number of nitrogens with one attached hydrogen (secondary N) is 1. The van der Waals surface area contributed by atoms with Gasteiger partial charge in [0.25, 0.3) is 0 Å². The lowest BCUT2D eigenvalue weighted by molar-refractivity contribution is 0.153. The van der Waals surface area contributed by atoms with Crippen LogP contribution in [0.5, 0.6) is 11.5 Å². The topological polar surface area (TPSA) is 30.5 Å². The first-order chi connectivity index (χ1) is 10.2.